The molecule has 1 saturated carbocycles. The van der Waals surface area contributed by atoms with E-state index in [1.165, 1.54) is 0 Å². The van der Waals surface area contributed by atoms with Gasteiger partial charge in [-0.05, 0) is 38.0 Å². The van der Waals surface area contributed by atoms with Gasteiger partial charge in [0.15, 0.2) is 0 Å². The van der Waals surface area contributed by atoms with Gasteiger partial charge in [-0.25, -0.2) is 0 Å². The summed E-state index contributed by atoms with van der Waals surface area (Å²) < 4.78 is 0. The van der Waals surface area contributed by atoms with E-state index < -0.39 is 5.60 Å². The summed E-state index contributed by atoms with van der Waals surface area (Å²) in [6.07, 6.45) is 2.86. The molecule has 1 fully saturated rings. The van der Waals surface area contributed by atoms with Crippen molar-refractivity contribution in [1.29, 1.82) is 0 Å². The molecule has 1 rings (SSSR count). The molecule has 0 spiro atoms. The Labute approximate surface area is 92.1 Å². The van der Waals surface area contributed by atoms with Crippen LogP contribution in [-0.4, -0.2) is 28.5 Å². The molecule has 4 N–H and O–H groups in total. The molecule has 0 aliphatic heterocycles. The number of nitrogens with two attached hydrogens (primary N) is 1. The first-order valence-electron chi connectivity index (χ1n) is 5.06. The SMILES string of the molecule is CC1CCC(C(C)(O)CO)CC1N.Cl. The van der Waals surface area contributed by atoms with E-state index in [-0.39, 0.29) is 31.0 Å². The Bertz CT molecular complexity index is 176. The molecule has 0 radical (unpaired) electrons. The van der Waals surface area contributed by atoms with E-state index in [2.05, 4.69) is 6.92 Å². The van der Waals surface area contributed by atoms with Crippen molar-refractivity contribution in [3.63, 3.8) is 0 Å². The van der Waals surface area contributed by atoms with Gasteiger partial charge < -0.3 is 15.9 Å². The summed E-state index contributed by atoms with van der Waals surface area (Å²) in [7, 11) is 0. The largest absolute Gasteiger partial charge is 0.393 e. The molecule has 0 aromatic heterocycles. The maximum Gasteiger partial charge on any atom is 0.0877 e. The van der Waals surface area contributed by atoms with Gasteiger partial charge in [-0.3, -0.25) is 0 Å². The van der Waals surface area contributed by atoms with Crippen LogP contribution in [0.25, 0.3) is 0 Å². The number of hydrogen-bond donors (Lipinski definition) is 3. The van der Waals surface area contributed by atoms with Crippen LogP contribution in [0.2, 0.25) is 0 Å². The number of aliphatic hydroxyl groups excluding tert-OH is 1. The Balaban J connectivity index is 0.00000169. The van der Waals surface area contributed by atoms with Gasteiger partial charge in [0.1, 0.15) is 0 Å². The number of rotatable bonds is 2. The molecule has 14 heavy (non-hydrogen) atoms. The lowest BCUT2D eigenvalue weighted by atomic mass is 9.73. The fraction of sp³-hybridized carbons (Fsp3) is 1.00. The Morgan fingerprint density at radius 1 is 1.43 bits per heavy atom. The zero-order valence-corrected chi connectivity index (χ0v) is 9.76. The van der Waals surface area contributed by atoms with Crippen molar-refractivity contribution in [2.45, 2.75) is 44.8 Å². The molecule has 4 heteroatoms. The lowest BCUT2D eigenvalue weighted by Gasteiger charge is -2.39. The van der Waals surface area contributed by atoms with E-state index >= 15 is 0 Å². The predicted octanol–water partition coefficient (Wildman–Crippen LogP) is 0.915. The average molecular weight is 224 g/mol. The van der Waals surface area contributed by atoms with Crippen LogP contribution in [0.15, 0.2) is 0 Å². The van der Waals surface area contributed by atoms with E-state index in [0.717, 1.165) is 19.3 Å². The van der Waals surface area contributed by atoms with Crippen molar-refractivity contribution in [2.24, 2.45) is 17.6 Å². The lowest BCUT2D eigenvalue weighted by Crippen LogP contribution is -2.46. The highest BCUT2D eigenvalue weighted by Gasteiger charge is 2.36. The highest BCUT2D eigenvalue weighted by atomic mass is 35.5. The first-order chi connectivity index (χ1) is 5.97. The molecule has 1 aliphatic rings. The van der Waals surface area contributed by atoms with Crippen molar-refractivity contribution in [2.75, 3.05) is 6.61 Å². The first-order valence-corrected chi connectivity index (χ1v) is 5.06. The molecule has 0 bridgehead atoms. The molecule has 4 atom stereocenters. The molecule has 1 aliphatic carbocycles. The maximum absolute atomic E-state index is 9.85. The number of hydrogen-bond acceptors (Lipinski definition) is 3. The van der Waals surface area contributed by atoms with E-state index in [0.29, 0.717) is 5.92 Å². The minimum absolute atomic E-state index is 0. The molecular weight excluding hydrogens is 202 g/mol. The van der Waals surface area contributed by atoms with Gasteiger partial charge in [-0.15, -0.1) is 12.4 Å². The van der Waals surface area contributed by atoms with Gasteiger partial charge in [-0.2, -0.15) is 0 Å². The summed E-state index contributed by atoms with van der Waals surface area (Å²) >= 11 is 0. The zero-order chi connectivity index (χ0) is 10.1. The smallest absolute Gasteiger partial charge is 0.0877 e. The van der Waals surface area contributed by atoms with Crippen LogP contribution in [0.5, 0.6) is 0 Å². The van der Waals surface area contributed by atoms with Crippen molar-refractivity contribution < 1.29 is 10.2 Å². The van der Waals surface area contributed by atoms with E-state index in [1.54, 1.807) is 6.92 Å². The van der Waals surface area contributed by atoms with Crippen molar-refractivity contribution >= 4 is 12.4 Å². The molecule has 86 valence electrons. The standard InChI is InChI=1S/C10H21NO2.ClH/c1-7-3-4-8(5-9(7)11)10(2,13)6-12;/h7-9,12-13H,3-6,11H2,1-2H3;1H. The third-order valence-corrected chi connectivity index (χ3v) is 3.46. The maximum atomic E-state index is 9.85. The quantitative estimate of drug-likeness (QED) is 0.652. The normalized spacial score (nSPS) is 37.1. The predicted molar refractivity (Wildman–Crippen MR) is 59.4 cm³/mol. The fourth-order valence-electron chi connectivity index (χ4n) is 2.05. The Hall–Kier alpha value is 0.170. The van der Waals surface area contributed by atoms with Crippen LogP contribution in [-0.2, 0) is 0 Å². The minimum atomic E-state index is -0.947. The van der Waals surface area contributed by atoms with Gasteiger partial charge in [0, 0.05) is 6.04 Å². The van der Waals surface area contributed by atoms with E-state index in [9.17, 15) is 5.11 Å². The third-order valence-electron chi connectivity index (χ3n) is 3.46. The highest BCUT2D eigenvalue weighted by molar-refractivity contribution is 5.85. The summed E-state index contributed by atoms with van der Waals surface area (Å²) in [5, 5.41) is 18.9. The van der Waals surface area contributed by atoms with Crippen LogP contribution < -0.4 is 5.73 Å². The Kier molecular flexibility index (Phi) is 5.37. The van der Waals surface area contributed by atoms with Crippen LogP contribution in [0, 0.1) is 11.8 Å². The minimum Gasteiger partial charge on any atom is -0.393 e. The summed E-state index contributed by atoms with van der Waals surface area (Å²) in [5.41, 5.74) is 4.98. The third kappa shape index (κ3) is 3.09. The molecule has 0 aromatic rings. The van der Waals surface area contributed by atoms with Gasteiger partial charge in [0.2, 0.25) is 0 Å². The number of aliphatic hydroxyl groups is 2. The second kappa shape index (κ2) is 5.31. The van der Waals surface area contributed by atoms with Crippen molar-refractivity contribution in [1.82, 2.24) is 0 Å². The Morgan fingerprint density at radius 2 is 2.00 bits per heavy atom. The van der Waals surface area contributed by atoms with Crippen LogP contribution in [0.3, 0.4) is 0 Å². The first kappa shape index (κ1) is 14.2. The van der Waals surface area contributed by atoms with Crippen molar-refractivity contribution in [3.05, 3.63) is 0 Å². The monoisotopic (exact) mass is 223 g/mol. The molecule has 4 unspecified atom stereocenters. The second-order valence-corrected chi connectivity index (χ2v) is 4.67. The molecule has 0 amide bonds. The van der Waals surface area contributed by atoms with E-state index in [1.807, 2.05) is 0 Å². The second-order valence-electron chi connectivity index (χ2n) is 4.67. The van der Waals surface area contributed by atoms with Crippen LogP contribution in [0.4, 0.5) is 0 Å². The summed E-state index contributed by atoms with van der Waals surface area (Å²) in [6, 6.07) is 0.178. The summed E-state index contributed by atoms with van der Waals surface area (Å²) in [6.45, 7) is 3.67. The van der Waals surface area contributed by atoms with Gasteiger partial charge in [0.05, 0.1) is 12.2 Å². The van der Waals surface area contributed by atoms with Crippen LogP contribution >= 0.6 is 12.4 Å². The molecule has 0 saturated heterocycles. The summed E-state index contributed by atoms with van der Waals surface area (Å²) in [4.78, 5) is 0. The summed E-state index contributed by atoms with van der Waals surface area (Å²) in [5.74, 6) is 0.703. The topological polar surface area (TPSA) is 66.5 Å². The molecule has 0 heterocycles. The Morgan fingerprint density at radius 3 is 2.43 bits per heavy atom. The van der Waals surface area contributed by atoms with Gasteiger partial charge in [-0.1, -0.05) is 6.92 Å². The average Bonchev–Trinajstić information content (AvgIpc) is 2.09. The zero-order valence-electron chi connectivity index (χ0n) is 8.94. The van der Waals surface area contributed by atoms with Gasteiger partial charge >= 0.3 is 0 Å². The molecule has 0 aromatic carbocycles. The lowest BCUT2D eigenvalue weighted by molar-refractivity contribution is -0.0638. The van der Waals surface area contributed by atoms with Gasteiger partial charge in [0.25, 0.3) is 0 Å². The van der Waals surface area contributed by atoms with Crippen LogP contribution in [0.1, 0.15) is 33.1 Å². The molecular formula is C10H22ClNO2. The number of halogens is 1. The fourth-order valence-corrected chi connectivity index (χ4v) is 2.05. The highest BCUT2D eigenvalue weighted by Crippen LogP contribution is 2.34. The van der Waals surface area contributed by atoms with Crippen molar-refractivity contribution in [3.8, 4) is 0 Å². The van der Waals surface area contributed by atoms with E-state index in [4.69, 9.17) is 10.8 Å². The molecule has 3 nitrogen and oxygen atoms in total.